The molecule has 26 heavy (non-hydrogen) atoms. The molecule has 0 radical (unpaired) electrons. The summed E-state index contributed by atoms with van der Waals surface area (Å²) in [6.45, 7) is 5.98. The standard InChI is InChI=1S/C20H19N5O/c1-13-4-5-16(20-14(2)23-26-15(20)3)12-19(13)22-17-6-8-18(9-7-17)25-11-10-21-24-25/h4-12,22H,1-3H3. The summed E-state index contributed by atoms with van der Waals surface area (Å²) >= 11 is 0. The summed E-state index contributed by atoms with van der Waals surface area (Å²) in [5, 5.41) is 15.4. The van der Waals surface area contributed by atoms with Crippen LogP contribution in [0.1, 0.15) is 17.0 Å². The molecule has 0 atom stereocenters. The van der Waals surface area contributed by atoms with Gasteiger partial charge in [0.25, 0.3) is 0 Å². The lowest BCUT2D eigenvalue weighted by atomic mass is 10.0. The molecule has 2 aromatic heterocycles. The zero-order valence-electron chi connectivity index (χ0n) is 14.9. The first-order valence-electron chi connectivity index (χ1n) is 8.39. The fraction of sp³-hybridized carbons (Fsp3) is 0.150. The highest BCUT2D eigenvalue weighted by Gasteiger charge is 2.12. The molecule has 130 valence electrons. The van der Waals surface area contributed by atoms with E-state index in [1.165, 1.54) is 5.56 Å². The number of benzene rings is 2. The second-order valence-corrected chi connectivity index (χ2v) is 6.25. The number of nitrogens with one attached hydrogen (secondary N) is 1. The number of anilines is 2. The maximum absolute atomic E-state index is 5.30. The monoisotopic (exact) mass is 345 g/mol. The molecule has 0 spiro atoms. The van der Waals surface area contributed by atoms with E-state index in [0.29, 0.717) is 0 Å². The van der Waals surface area contributed by atoms with Crippen LogP contribution in [0.25, 0.3) is 16.8 Å². The number of nitrogens with zero attached hydrogens (tertiary/aromatic N) is 4. The summed E-state index contributed by atoms with van der Waals surface area (Å²) in [5.74, 6) is 0.828. The maximum Gasteiger partial charge on any atom is 0.141 e. The number of rotatable bonds is 4. The Morgan fingerprint density at radius 2 is 1.81 bits per heavy atom. The molecule has 1 N–H and O–H groups in total. The van der Waals surface area contributed by atoms with Crippen LogP contribution in [0.3, 0.4) is 0 Å². The fourth-order valence-corrected chi connectivity index (χ4v) is 3.01. The smallest absolute Gasteiger partial charge is 0.141 e. The molecule has 2 heterocycles. The minimum Gasteiger partial charge on any atom is -0.361 e. The van der Waals surface area contributed by atoms with Gasteiger partial charge < -0.3 is 9.84 Å². The molecule has 0 fully saturated rings. The van der Waals surface area contributed by atoms with E-state index in [1.807, 2.05) is 44.3 Å². The molecule has 0 bridgehead atoms. The molecule has 0 aliphatic rings. The highest BCUT2D eigenvalue weighted by molar-refractivity contribution is 5.75. The van der Waals surface area contributed by atoms with Gasteiger partial charge in [-0.1, -0.05) is 22.5 Å². The van der Waals surface area contributed by atoms with Crippen molar-refractivity contribution >= 4 is 11.4 Å². The quantitative estimate of drug-likeness (QED) is 0.586. The molecule has 6 heteroatoms. The Bertz CT molecular complexity index is 1010. The number of hydrogen-bond donors (Lipinski definition) is 1. The Kier molecular flexibility index (Phi) is 4.01. The zero-order chi connectivity index (χ0) is 18.1. The number of aromatic nitrogens is 4. The van der Waals surface area contributed by atoms with Gasteiger partial charge in [-0.2, -0.15) is 0 Å². The Morgan fingerprint density at radius 3 is 2.46 bits per heavy atom. The lowest BCUT2D eigenvalue weighted by molar-refractivity contribution is 0.393. The average Bonchev–Trinajstić information content (AvgIpc) is 3.28. The highest BCUT2D eigenvalue weighted by Crippen LogP contribution is 2.31. The molecular formula is C20H19N5O. The highest BCUT2D eigenvalue weighted by atomic mass is 16.5. The molecule has 0 saturated heterocycles. The lowest BCUT2D eigenvalue weighted by Gasteiger charge is -2.12. The first kappa shape index (κ1) is 16.1. The zero-order valence-corrected chi connectivity index (χ0v) is 14.9. The van der Waals surface area contributed by atoms with Gasteiger partial charge in [0.15, 0.2) is 0 Å². The van der Waals surface area contributed by atoms with Gasteiger partial charge >= 0.3 is 0 Å². The van der Waals surface area contributed by atoms with Crippen LogP contribution >= 0.6 is 0 Å². The minimum atomic E-state index is 0.828. The molecule has 4 rings (SSSR count). The third-order valence-corrected chi connectivity index (χ3v) is 4.39. The Hall–Kier alpha value is -3.41. The van der Waals surface area contributed by atoms with Gasteiger partial charge in [0, 0.05) is 16.9 Å². The second-order valence-electron chi connectivity index (χ2n) is 6.25. The van der Waals surface area contributed by atoms with Crippen molar-refractivity contribution in [3.05, 3.63) is 71.9 Å². The maximum atomic E-state index is 5.30. The van der Waals surface area contributed by atoms with Gasteiger partial charge in [-0.05, 0) is 62.2 Å². The average molecular weight is 345 g/mol. The van der Waals surface area contributed by atoms with Crippen molar-refractivity contribution in [2.24, 2.45) is 0 Å². The predicted octanol–water partition coefficient (Wildman–Crippen LogP) is 4.59. The molecule has 0 amide bonds. The van der Waals surface area contributed by atoms with E-state index in [-0.39, 0.29) is 0 Å². The topological polar surface area (TPSA) is 68.8 Å². The Morgan fingerprint density at radius 1 is 1.00 bits per heavy atom. The molecule has 0 aliphatic carbocycles. The van der Waals surface area contributed by atoms with E-state index in [1.54, 1.807) is 10.9 Å². The Balaban J connectivity index is 1.63. The van der Waals surface area contributed by atoms with E-state index in [4.69, 9.17) is 4.52 Å². The third-order valence-electron chi connectivity index (χ3n) is 4.39. The van der Waals surface area contributed by atoms with Crippen LogP contribution in [-0.2, 0) is 0 Å². The van der Waals surface area contributed by atoms with E-state index < -0.39 is 0 Å². The molecule has 0 aliphatic heterocycles. The number of aryl methyl sites for hydroxylation is 3. The van der Waals surface area contributed by atoms with Gasteiger partial charge in [-0.25, -0.2) is 4.68 Å². The molecule has 6 nitrogen and oxygen atoms in total. The molecular weight excluding hydrogens is 326 g/mol. The van der Waals surface area contributed by atoms with Crippen molar-refractivity contribution in [3.8, 4) is 16.8 Å². The lowest BCUT2D eigenvalue weighted by Crippen LogP contribution is -1.97. The summed E-state index contributed by atoms with van der Waals surface area (Å²) in [6, 6.07) is 14.4. The summed E-state index contributed by atoms with van der Waals surface area (Å²) < 4.78 is 7.03. The SMILES string of the molecule is Cc1ccc(-c2c(C)noc2C)cc1Nc1ccc(-n2ccnn2)cc1. The first-order chi connectivity index (χ1) is 12.6. The normalized spacial score (nSPS) is 10.9. The fourth-order valence-electron chi connectivity index (χ4n) is 3.01. The summed E-state index contributed by atoms with van der Waals surface area (Å²) in [6.07, 6.45) is 3.48. The van der Waals surface area contributed by atoms with Crippen molar-refractivity contribution in [2.75, 3.05) is 5.32 Å². The van der Waals surface area contributed by atoms with Crippen molar-refractivity contribution in [1.29, 1.82) is 0 Å². The van der Waals surface area contributed by atoms with E-state index in [2.05, 4.69) is 45.9 Å². The van der Waals surface area contributed by atoms with Crippen molar-refractivity contribution in [1.82, 2.24) is 20.2 Å². The largest absolute Gasteiger partial charge is 0.361 e. The predicted molar refractivity (Wildman–Crippen MR) is 101 cm³/mol. The van der Waals surface area contributed by atoms with E-state index in [0.717, 1.165) is 39.6 Å². The second kappa shape index (κ2) is 6.48. The van der Waals surface area contributed by atoms with Crippen molar-refractivity contribution in [3.63, 3.8) is 0 Å². The number of hydrogen-bond acceptors (Lipinski definition) is 5. The van der Waals surface area contributed by atoms with E-state index in [9.17, 15) is 0 Å². The van der Waals surface area contributed by atoms with Gasteiger partial charge in [0.2, 0.25) is 0 Å². The van der Waals surface area contributed by atoms with Crippen LogP contribution in [-0.4, -0.2) is 20.2 Å². The van der Waals surface area contributed by atoms with Crippen LogP contribution in [0.15, 0.2) is 59.4 Å². The van der Waals surface area contributed by atoms with Crippen LogP contribution < -0.4 is 5.32 Å². The third kappa shape index (κ3) is 2.97. The summed E-state index contributed by atoms with van der Waals surface area (Å²) in [7, 11) is 0. The van der Waals surface area contributed by atoms with Gasteiger partial charge in [-0.15, -0.1) is 5.10 Å². The van der Waals surface area contributed by atoms with Crippen LogP contribution in [0.5, 0.6) is 0 Å². The molecule has 2 aromatic carbocycles. The summed E-state index contributed by atoms with van der Waals surface area (Å²) in [5.41, 5.74) is 7.23. The van der Waals surface area contributed by atoms with Gasteiger partial charge in [0.1, 0.15) is 5.76 Å². The Labute approximate surface area is 151 Å². The van der Waals surface area contributed by atoms with Gasteiger partial charge in [0.05, 0.1) is 23.8 Å². The summed E-state index contributed by atoms with van der Waals surface area (Å²) in [4.78, 5) is 0. The van der Waals surface area contributed by atoms with Crippen LogP contribution in [0.4, 0.5) is 11.4 Å². The van der Waals surface area contributed by atoms with E-state index >= 15 is 0 Å². The molecule has 4 aromatic rings. The molecule has 0 unspecified atom stereocenters. The van der Waals surface area contributed by atoms with Crippen molar-refractivity contribution in [2.45, 2.75) is 20.8 Å². The van der Waals surface area contributed by atoms with Crippen LogP contribution in [0.2, 0.25) is 0 Å². The minimum absolute atomic E-state index is 0.828. The van der Waals surface area contributed by atoms with Gasteiger partial charge in [-0.3, -0.25) is 0 Å². The van der Waals surface area contributed by atoms with Crippen LogP contribution in [0, 0.1) is 20.8 Å². The first-order valence-corrected chi connectivity index (χ1v) is 8.39. The molecule has 0 saturated carbocycles. The van der Waals surface area contributed by atoms with Crippen molar-refractivity contribution < 1.29 is 4.52 Å².